The fourth-order valence-corrected chi connectivity index (χ4v) is 3.61. The van der Waals surface area contributed by atoms with Crippen LogP contribution in [0.25, 0.3) is 0 Å². The first kappa shape index (κ1) is 19.1. The zero-order valence-electron chi connectivity index (χ0n) is 13.0. The van der Waals surface area contributed by atoms with E-state index in [1.165, 1.54) is 6.07 Å². The number of carbonyl (C=O) groups is 1. The molecule has 2 rings (SSSR count). The predicted molar refractivity (Wildman–Crippen MR) is 85.6 cm³/mol. The number of amides is 1. The van der Waals surface area contributed by atoms with E-state index in [-0.39, 0.29) is 11.0 Å². The second kappa shape index (κ2) is 6.96. The molecule has 25 heavy (non-hydrogen) atoms. The molecule has 0 aliphatic carbocycles. The predicted octanol–water partition coefficient (Wildman–Crippen LogP) is 2.95. The number of aromatic nitrogens is 2. The van der Waals surface area contributed by atoms with Crippen LogP contribution in [0.15, 0.2) is 28.6 Å². The molecule has 1 aromatic heterocycles. The van der Waals surface area contributed by atoms with Crippen LogP contribution in [-0.4, -0.2) is 24.5 Å². The zero-order valence-corrected chi connectivity index (χ0v) is 14.6. The number of halogens is 3. The Hall–Kier alpha value is -2.21. The van der Waals surface area contributed by atoms with Crippen molar-refractivity contribution in [3.63, 3.8) is 0 Å². The van der Waals surface area contributed by atoms with Crippen LogP contribution < -0.4 is 10.0 Å². The first-order valence-electron chi connectivity index (χ1n) is 6.84. The van der Waals surface area contributed by atoms with Crippen LogP contribution in [0.2, 0.25) is 0 Å². The van der Waals surface area contributed by atoms with Crippen LogP contribution in [0.4, 0.5) is 24.0 Å². The maximum absolute atomic E-state index is 12.9. The third kappa shape index (κ3) is 4.66. The minimum Gasteiger partial charge on any atom is -0.300 e. The average Bonchev–Trinajstić information content (AvgIpc) is 2.95. The van der Waals surface area contributed by atoms with Crippen molar-refractivity contribution in [1.82, 2.24) is 10.2 Å². The Morgan fingerprint density at radius 1 is 1.20 bits per heavy atom. The van der Waals surface area contributed by atoms with Gasteiger partial charge in [-0.3, -0.25) is 9.52 Å². The molecule has 2 aromatic rings. The molecule has 7 nitrogen and oxygen atoms in total. The monoisotopic (exact) mass is 394 g/mol. The zero-order chi connectivity index (χ0) is 18.8. The number of benzene rings is 1. The SMILES string of the molecule is CC(C)C(=O)Nc1nnc(S(=O)(=O)Nc2ccccc2C(F)(F)F)s1. The smallest absolute Gasteiger partial charge is 0.300 e. The number of nitrogens with zero attached hydrogens (tertiary/aromatic N) is 2. The summed E-state index contributed by atoms with van der Waals surface area (Å²) in [5.74, 6) is -0.754. The van der Waals surface area contributed by atoms with E-state index in [9.17, 15) is 26.4 Å². The van der Waals surface area contributed by atoms with Gasteiger partial charge in [0, 0.05) is 5.92 Å². The van der Waals surface area contributed by atoms with Crippen LogP contribution >= 0.6 is 11.3 Å². The first-order chi connectivity index (χ1) is 11.5. The Labute approximate surface area is 145 Å². The van der Waals surface area contributed by atoms with Crippen LogP contribution in [-0.2, 0) is 21.0 Å². The third-order valence-electron chi connectivity index (χ3n) is 2.87. The lowest BCUT2D eigenvalue weighted by Crippen LogP contribution is -2.17. The molecule has 12 heteroatoms. The Bertz CT molecular complexity index is 879. The van der Waals surface area contributed by atoms with E-state index < -0.39 is 37.7 Å². The number of hydrogen-bond acceptors (Lipinski definition) is 6. The molecule has 0 atom stereocenters. The van der Waals surface area contributed by atoms with E-state index in [1.54, 1.807) is 13.8 Å². The molecule has 136 valence electrons. The Balaban J connectivity index is 2.27. The molecule has 1 aromatic carbocycles. The summed E-state index contributed by atoms with van der Waals surface area (Å²) >= 11 is 0.532. The number of para-hydroxylation sites is 1. The van der Waals surface area contributed by atoms with Crippen LogP contribution in [0.1, 0.15) is 19.4 Å². The van der Waals surface area contributed by atoms with Crippen molar-refractivity contribution in [3.8, 4) is 0 Å². The van der Waals surface area contributed by atoms with Gasteiger partial charge in [-0.2, -0.15) is 21.6 Å². The molecule has 1 heterocycles. The summed E-state index contributed by atoms with van der Waals surface area (Å²) in [5, 5.41) is 9.22. The summed E-state index contributed by atoms with van der Waals surface area (Å²) in [6.45, 7) is 3.26. The van der Waals surface area contributed by atoms with E-state index in [1.807, 2.05) is 4.72 Å². The Kier molecular flexibility index (Phi) is 5.32. The molecule has 0 unspecified atom stereocenters. The number of hydrogen-bond donors (Lipinski definition) is 2. The quantitative estimate of drug-likeness (QED) is 0.760. The molecule has 0 aliphatic heterocycles. The van der Waals surface area contributed by atoms with Gasteiger partial charge in [0.05, 0.1) is 11.3 Å². The van der Waals surface area contributed by atoms with Crippen molar-refractivity contribution >= 4 is 38.1 Å². The second-order valence-electron chi connectivity index (χ2n) is 5.17. The molecular weight excluding hydrogens is 381 g/mol. The molecule has 0 fully saturated rings. The van der Waals surface area contributed by atoms with Gasteiger partial charge in [-0.15, -0.1) is 10.2 Å². The third-order valence-corrected chi connectivity index (χ3v) is 5.44. The van der Waals surface area contributed by atoms with Gasteiger partial charge >= 0.3 is 6.18 Å². The normalized spacial score (nSPS) is 12.2. The summed E-state index contributed by atoms with van der Waals surface area (Å²) in [5.41, 5.74) is -1.76. The van der Waals surface area contributed by atoms with Crippen LogP contribution in [0.3, 0.4) is 0 Å². The second-order valence-corrected chi connectivity index (χ2v) is 8.00. The summed E-state index contributed by atoms with van der Waals surface area (Å²) in [7, 11) is -4.39. The highest BCUT2D eigenvalue weighted by molar-refractivity contribution is 7.94. The number of carbonyl (C=O) groups excluding carboxylic acids is 1. The minimum atomic E-state index is -4.73. The van der Waals surface area contributed by atoms with E-state index in [0.717, 1.165) is 18.2 Å². The molecule has 2 N–H and O–H groups in total. The number of sulfonamides is 1. The summed E-state index contributed by atoms with van der Waals surface area (Å²) in [6, 6.07) is 4.15. The van der Waals surface area contributed by atoms with Gasteiger partial charge in [-0.1, -0.05) is 37.3 Å². The van der Waals surface area contributed by atoms with Gasteiger partial charge in [0.2, 0.25) is 11.0 Å². The lowest BCUT2D eigenvalue weighted by atomic mass is 10.2. The van der Waals surface area contributed by atoms with Crippen molar-refractivity contribution in [2.24, 2.45) is 5.92 Å². The number of alkyl halides is 3. The van der Waals surface area contributed by atoms with Crippen molar-refractivity contribution in [3.05, 3.63) is 29.8 Å². The lowest BCUT2D eigenvalue weighted by Gasteiger charge is -2.13. The molecular formula is C13H13F3N4O3S2. The molecule has 0 saturated heterocycles. The van der Waals surface area contributed by atoms with E-state index in [0.29, 0.717) is 11.3 Å². The van der Waals surface area contributed by atoms with Gasteiger partial charge < -0.3 is 5.32 Å². The first-order valence-corrected chi connectivity index (χ1v) is 9.14. The average molecular weight is 394 g/mol. The number of rotatable bonds is 5. The molecule has 0 bridgehead atoms. The summed E-state index contributed by atoms with van der Waals surface area (Å²) in [6.07, 6.45) is -4.73. The van der Waals surface area contributed by atoms with Gasteiger partial charge in [-0.05, 0) is 12.1 Å². The highest BCUT2D eigenvalue weighted by atomic mass is 32.2. The van der Waals surface area contributed by atoms with E-state index in [2.05, 4.69) is 15.5 Å². The minimum absolute atomic E-state index is 0.0665. The van der Waals surface area contributed by atoms with Gasteiger partial charge in [0.15, 0.2) is 0 Å². The van der Waals surface area contributed by atoms with Crippen LogP contribution in [0, 0.1) is 5.92 Å². The lowest BCUT2D eigenvalue weighted by molar-refractivity contribution is -0.136. The summed E-state index contributed by atoms with van der Waals surface area (Å²) < 4.78 is 64.6. The van der Waals surface area contributed by atoms with E-state index >= 15 is 0 Å². The fraction of sp³-hybridized carbons (Fsp3) is 0.308. The largest absolute Gasteiger partial charge is 0.418 e. The maximum atomic E-state index is 12.9. The number of nitrogens with one attached hydrogen (secondary N) is 2. The van der Waals surface area contributed by atoms with Gasteiger partial charge in [0.1, 0.15) is 0 Å². The van der Waals surface area contributed by atoms with Crippen molar-refractivity contribution in [2.45, 2.75) is 24.4 Å². The van der Waals surface area contributed by atoms with Crippen molar-refractivity contribution in [1.29, 1.82) is 0 Å². The van der Waals surface area contributed by atoms with Gasteiger partial charge in [-0.25, -0.2) is 0 Å². The Morgan fingerprint density at radius 2 is 1.84 bits per heavy atom. The molecule has 0 saturated carbocycles. The Morgan fingerprint density at radius 3 is 2.44 bits per heavy atom. The van der Waals surface area contributed by atoms with Crippen molar-refractivity contribution < 1.29 is 26.4 Å². The molecule has 0 spiro atoms. The molecule has 0 radical (unpaired) electrons. The summed E-state index contributed by atoms with van der Waals surface area (Å²) in [4.78, 5) is 11.6. The fourth-order valence-electron chi connectivity index (χ4n) is 1.63. The van der Waals surface area contributed by atoms with E-state index in [4.69, 9.17) is 0 Å². The number of anilines is 2. The van der Waals surface area contributed by atoms with Gasteiger partial charge in [0.25, 0.3) is 14.4 Å². The topological polar surface area (TPSA) is 101 Å². The standard InChI is InChI=1S/C13H13F3N4O3S2/c1-7(2)10(21)17-11-18-19-12(24-11)25(22,23)20-9-6-4-3-5-8(9)13(14,15)16/h3-7,20H,1-2H3,(H,17,18,21). The molecule has 0 aliphatic rings. The highest BCUT2D eigenvalue weighted by Gasteiger charge is 2.34. The van der Waals surface area contributed by atoms with Crippen molar-refractivity contribution in [2.75, 3.05) is 10.0 Å². The maximum Gasteiger partial charge on any atom is 0.418 e. The molecule has 1 amide bonds. The van der Waals surface area contributed by atoms with Crippen LogP contribution in [0.5, 0.6) is 0 Å². The highest BCUT2D eigenvalue weighted by Crippen LogP contribution is 2.35.